The molecule has 0 aliphatic carbocycles. The van der Waals surface area contributed by atoms with Crippen LogP contribution in [0.25, 0.3) is 11.0 Å². The number of amides is 1. The van der Waals surface area contributed by atoms with E-state index in [-0.39, 0.29) is 17.8 Å². The largest absolute Gasteiger partial charge is 0.409 e. The number of amidine groups is 1. The summed E-state index contributed by atoms with van der Waals surface area (Å²) in [6.07, 6.45) is 3.86. The predicted octanol–water partition coefficient (Wildman–Crippen LogP) is 5.33. The first kappa shape index (κ1) is 24.8. The zero-order valence-electron chi connectivity index (χ0n) is 19.9. The number of carbonyl (C=O) groups excluding carboxylic acids is 1. The van der Waals surface area contributed by atoms with E-state index in [0.29, 0.717) is 23.9 Å². The molecule has 0 saturated heterocycles. The van der Waals surface area contributed by atoms with Crippen molar-refractivity contribution in [1.82, 2.24) is 14.9 Å². The van der Waals surface area contributed by atoms with E-state index in [4.69, 9.17) is 15.9 Å². The molecule has 3 rings (SSSR count). The van der Waals surface area contributed by atoms with Crippen LogP contribution in [0.4, 0.5) is 0 Å². The number of fused-ring (bicyclic) bond motifs is 1. The number of nitrogens with zero attached hydrogens (tertiary/aromatic N) is 3. The molecular formula is C25H35N5O2S. The van der Waals surface area contributed by atoms with Crippen molar-refractivity contribution >= 4 is 34.1 Å². The standard InChI is InChI=1S/C25H35N5O2S/c1-5-19(6-2)30-22-10-9-17(13-21(22)28-24(30)15-20-8-7-11-33-20)25(31)27-18(12-16(3)4)14-23(26)29-32/h7-11,13,16,18-19,32H,5-6,12,14-15H2,1-4H3,(H2,26,29)(H,27,31)/t18-/m0/s1. The molecule has 1 aromatic carbocycles. The maximum absolute atomic E-state index is 13.1. The SMILES string of the molecule is CCC(CC)n1c(Cc2cccs2)nc2cc(C(=O)N[C@H](C/C(N)=N/O)CC(C)C)ccc21. The molecule has 7 nitrogen and oxygen atoms in total. The van der Waals surface area contributed by atoms with Gasteiger partial charge in [0.1, 0.15) is 11.7 Å². The van der Waals surface area contributed by atoms with Crippen molar-refractivity contribution in [2.24, 2.45) is 16.8 Å². The lowest BCUT2D eigenvalue weighted by Crippen LogP contribution is -2.38. The van der Waals surface area contributed by atoms with Gasteiger partial charge in [0.2, 0.25) is 0 Å². The van der Waals surface area contributed by atoms with Gasteiger partial charge in [-0.3, -0.25) is 4.79 Å². The van der Waals surface area contributed by atoms with E-state index in [1.807, 2.05) is 18.2 Å². The van der Waals surface area contributed by atoms with E-state index in [1.165, 1.54) is 4.88 Å². The summed E-state index contributed by atoms with van der Waals surface area (Å²) >= 11 is 1.73. The normalized spacial score (nSPS) is 13.2. The molecule has 0 aliphatic rings. The van der Waals surface area contributed by atoms with Gasteiger partial charge in [0.15, 0.2) is 0 Å². The Labute approximate surface area is 199 Å². The number of thiophene rings is 1. The number of hydrogen-bond donors (Lipinski definition) is 3. The van der Waals surface area contributed by atoms with Crippen LogP contribution in [0.15, 0.2) is 40.9 Å². The Morgan fingerprint density at radius 3 is 2.64 bits per heavy atom. The van der Waals surface area contributed by atoms with Gasteiger partial charge in [-0.05, 0) is 54.8 Å². The van der Waals surface area contributed by atoms with Crippen LogP contribution in [0.2, 0.25) is 0 Å². The lowest BCUT2D eigenvalue weighted by Gasteiger charge is -2.20. The average Bonchev–Trinajstić information content (AvgIpc) is 3.42. The van der Waals surface area contributed by atoms with Gasteiger partial charge in [0.05, 0.1) is 11.0 Å². The number of imidazole rings is 1. The third kappa shape index (κ3) is 6.13. The summed E-state index contributed by atoms with van der Waals surface area (Å²) < 4.78 is 2.34. The Kier molecular flexibility index (Phi) is 8.49. The molecule has 0 aliphatic heterocycles. The molecule has 0 unspecified atom stereocenters. The number of benzene rings is 1. The molecule has 0 radical (unpaired) electrons. The lowest BCUT2D eigenvalue weighted by molar-refractivity contribution is 0.0933. The molecule has 33 heavy (non-hydrogen) atoms. The summed E-state index contributed by atoms with van der Waals surface area (Å²) in [4.78, 5) is 19.3. The summed E-state index contributed by atoms with van der Waals surface area (Å²) in [7, 11) is 0. The van der Waals surface area contributed by atoms with Crippen LogP contribution < -0.4 is 11.1 Å². The quantitative estimate of drug-likeness (QED) is 0.153. The fourth-order valence-corrected chi connectivity index (χ4v) is 5.07. The first-order valence-corrected chi connectivity index (χ1v) is 12.5. The highest BCUT2D eigenvalue weighted by atomic mass is 32.1. The third-order valence-electron chi connectivity index (χ3n) is 5.92. The fourth-order valence-electron chi connectivity index (χ4n) is 4.37. The number of nitrogens with one attached hydrogen (secondary N) is 1. The molecule has 2 aromatic heterocycles. The molecule has 8 heteroatoms. The Hall–Kier alpha value is -2.87. The highest BCUT2D eigenvalue weighted by Crippen LogP contribution is 2.28. The van der Waals surface area contributed by atoms with Crippen molar-refractivity contribution in [3.63, 3.8) is 0 Å². The van der Waals surface area contributed by atoms with Gasteiger partial charge in [0.25, 0.3) is 5.91 Å². The molecule has 0 saturated carbocycles. The molecule has 0 fully saturated rings. The van der Waals surface area contributed by atoms with Crippen molar-refractivity contribution in [2.45, 2.75) is 71.9 Å². The van der Waals surface area contributed by atoms with E-state index in [2.05, 4.69) is 60.2 Å². The average molecular weight is 470 g/mol. The fraction of sp³-hybridized carbons (Fsp3) is 0.480. The highest BCUT2D eigenvalue weighted by molar-refractivity contribution is 7.09. The summed E-state index contributed by atoms with van der Waals surface area (Å²) in [5, 5.41) is 17.1. The maximum Gasteiger partial charge on any atom is 0.251 e. The minimum atomic E-state index is -0.208. The number of aromatic nitrogens is 2. The Morgan fingerprint density at radius 1 is 1.27 bits per heavy atom. The van der Waals surface area contributed by atoms with E-state index in [1.54, 1.807) is 11.3 Å². The van der Waals surface area contributed by atoms with Crippen LogP contribution in [0.5, 0.6) is 0 Å². The molecule has 3 aromatic rings. The molecule has 1 amide bonds. The predicted molar refractivity (Wildman–Crippen MR) is 135 cm³/mol. The second-order valence-electron chi connectivity index (χ2n) is 8.92. The van der Waals surface area contributed by atoms with Gasteiger partial charge >= 0.3 is 0 Å². The van der Waals surface area contributed by atoms with Crippen LogP contribution in [0, 0.1) is 5.92 Å². The maximum atomic E-state index is 13.1. The molecule has 4 N–H and O–H groups in total. The minimum absolute atomic E-state index is 0.110. The number of rotatable bonds is 11. The third-order valence-corrected chi connectivity index (χ3v) is 6.80. The number of carbonyl (C=O) groups is 1. The Morgan fingerprint density at radius 2 is 2.03 bits per heavy atom. The number of nitrogens with two attached hydrogens (primary N) is 1. The molecule has 1 atom stereocenters. The summed E-state index contributed by atoms with van der Waals surface area (Å²) in [5.41, 5.74) is 8.16. The first-order chi connectivity index (χ1) is 15.9. The first-order valence-electron chi connectivity index (χ1n) is 11.7. The monoisotopic (exact) mass is 469 g/mol. The molecular weight excluding hydrogens is 434 g/mol. The topological polar surface area (TPSA) is 106 Å². The second kappa shape index (κ2) is 11.3. The smallest absolute Gasteiger partial charge is 0.251 e. The van der Waals surface area contributed by atoms with Crippen LogP contribution in [0.3, 0.4) is 0 Å². The van der Waals surface area contributed by atoms with Gasteiger partial charge < -0.3 is 20.8 Å². The highest BCUT2D eigenvalue weighted by Gasteiger charge is 2.21. The van der Waals surface area contributed by atoms with Gasteiger partial charge in [-0.25, -0.2) is 4.98 Å². The number of oxime groups is 1. The minimum Gasteiger partial charge on any atom is -0.409 e. The molecule has 0 bridgehead atoms. The van der Waals surface area contributed by atoms with E-state index in [9.17, 15) is 4.79 Å². The van der Waals surface area contributed by atoms with Crippen LogP contribution in [0.1, 0.15) is 80.5 Å². The summed E-state index contributed by atoms with van der Waals surface area (Å²) in [6.45, 7) is 8.56. The van der Waals surface area contributed by atoms with Gasteiger partial charge in [0, 0.05) is 35.4 Å². The molecule has 2 heterocycles. The summed E-state index contributed by atoms with van der Waals surface area (Å²) in [6, 6.07) is 10.1. The summed E-state index contributed by atoms with van der Waals surface area (Å²) in [5.74, 6) is 1.33. The van der Waals surface area contributed by atoms with Gasteiger partial charge in [-0.2, -0.15) is 0 Å². The van der Waals surface area contributed by atoms with Crippen LogP contribution in [-0.2, 0) is 6.42 Å². The van der Waals surface area contributed by atoms with Crippen molar-refractivity contribution in [2.75, 3.05) is 0 Å². The Bertz CT molecular complexity index is 1080. The zero-order chi connectivity index (χ0) is 24.0. The molecule has 0 spiro atoms. The van der Waals surface area contributed by atoms with Gasteiger partial charge in [-0.15, -0.1) is 11.3 Å². The van der Waals surface area contributed by atoms with Crippen molar-refractivity contribution < 1.29 is 10.0 Å². The van der Waals surface area contributed by atoms with E-state index in [0.717, 1.165) is 42.5 Å². The molecule has 178 valence electrons. The van der Waals surface area contributed by atoms with E-state index < -0.39 is 0 Å². The van der Waals surface area contributed by atoms with Crippen molar-refractivity contribution in [3.05, 3.63) is 52.0 Å². The lowest BCUT2D eigenvalue weighted by atomic mass is 10.00. The number of hydrogen-bond acceptors (Lipinski definition) is 5. The zero-order valence-corrected chi connectivity index (χ0v) is 20.7. The second-order valence-corrected chi connectivity index (χ2v) is 9.96. The van der Waals surface area contributed by atoms with Gasteiger partial charge in [-0.1, -0.05) is 38.9 Å². The van der Waals surface area contributed by atoms with Crippen LogP contribution >= 0.6 is 11.3 Å². The van der Waals surface area contributed by atoms with Crippen molar-refractivity contribution in [1.29, 1.82) is 0 Å². The van der Waals surface area contributed by atoms with E-state index >= 15 is 0 Å². The van der Waals surface area contributed by atoms with Crippen molar-refractivity contribution in [3.8, 4) is 0 Å². The Balaban J connectivity index is 1.92. The van der Waals surface area contributed by atoms with Crippen LogP contribution in [-0.4, -0.2) is 32.5 Å².